The molecule has 0 aromatic heterocycles. The Hall–Kier alpha value is -1.23. The first kappa shape index (κ1) is 15.2. The van der Waals surface area contributed by atoms with Gasteiger partial charge >= 0.3 is 0 Å². The molecule has 3 nitrogen and oxygen atoms in total. The van der Waals surface area contributed by atoms with Crippen LogP contribution < -0.4 is 11.1 Å². The summed E-state index contributed by atoms with van der Waals surface area (Å²) in [6.45, 7) is 0. The van der Waals surface area contributed by atoms with E-state index in [2.05, 4.69) is 5.32 Å². The number of carbonyl (C=O) groups is 1. The van der Waals surface area contributed by atoms with Crippen LogP contribution in [0.2, 0.25) is 0 Å². The van der Waals surface area contributed by atoms with E-state index < -0.39 is 0 Å². The minimum Gasteiger partial charge on any atom is -0.398 e. The molecule has 0 heterocycles. The Morgan fingerprint density at radius 3 is 2.70 bits per heavy atom. The van der Waals surface area contributed by atoms with Crippen LogP contribution in [0, 0.1) is 5.82 Å². The van der Waals surface area contributed by atoms with Gasteiger partial charge in [0.25, 0.3) is 0 Å². The first-order valence-electron chi connectivity index (χ1n) is 7.12. The number of thioether (sulfide) groups is 1. The van der Waals surface area contributed by atoms with E-state index in [9.17, 15) is 9.18 Å². The zero-order chi connectivity index (χ0) is 14.4. The molecule has 1 amide bonds. The van der Waals surface area contributed by atoms with Gasteiger partial charge in [0, 0.05) is 16.6 Å². The molecule has 0 spiro atoms. The third kappa shape index (κ3) is 4.71. The summed E-state index contributed by atoms with van der Waals surface area (Å²) in [5, 5.41) is 3.07. The maximum absolute atomic E-state index is 13.1. The van der Waals surface area contributed by atoms with Gasteiger partial charge in [0.05, 0.1) is 5.75 Å². The SMILES string of the molecule is Nc1ccc(F)cc1SCC(=O)NC1CCCCCC1. The summed E-state index contributed by atoms with van der Waals surface area (Å²) in [5.74, 6) is -0.0408. The molecule has 0 unspecified atom stereocenters. The summed E-state index contributed by atoms with van der Waals surface area (Å²) in [6, 6.07) is 4.53. The number of hydrogen-bond donors (Lipinski definition) is 2. The maximum atomic E-state index is 13.1. The zero-order valence-electron chi connectivity index (χ0n) is 11.5. The average Bonchev–Trinajstić information content (AvgIpc) is 2.68. The second-order valence-corrected chi connectivity index (χ2v) is 6.24. The molecule has 1 aromatic rings. The fraction of sp³-hybridized carbons (Fsp3) is 0.533. The first-order chi connectivity index (χ1) is 9.65. The number of nitrogen functional groups attached to an aromatic ring is 1. The van der Waals surface area contributed by atoms with Crippen molar-refractivity contribution in [3.8, 4) is 0 Å². The van der Waals surface area contributed by atoms with Gasteiger partial charge in [0.15, 0.2) is 0 Å². The fourth-order valence-electron chi connectivity index (χ4n) is 2.47. The highest BCUT2D eigenvalue weighted by Crippen LogP contribution is 2.25. The van der Waals surface area contributed by atoms with E-state index in [0.717, 1.165) is 12.8 Å². The lowest BCUT2D eigenvalue weighted by molar-refractivity contribution is -0.119. The Morgan fingerprint density at radius 1 is 1.30 bits per heavy atom. The largest absolute Gasteiger partial charge is 0.398 e. The molecule has 0 radical (unpaired) electrons. The molecule has 0 atom stereocenters. The maximum Gasteiger partial charge on any atom is 0.230 e. The third-order valence-electron chi connectivity index (χ3n) is 3.55. The topological polar surface area (TPSA) is 55.1 Å². The number of hydrogen-bond acceptors (Lipinski definition) is 3. The van der Waals surface area contributed by atoms with Crippen LogP contribution in [-0.4, -0.2) is 17.7 Å². The Morgan fingerprint density at radius 2 is 2.00 bits per heavy atom. The highest BCUT2D eigenvalue weighted by atomic mass is 32.2. The van der Waals surface area contributed by atoms with Crippen molar-refractivity contribution in [1.82, 2.24) is 5.32 Å². The van der Waals surface area contributed by atoms with Gasteiger partial charge in [-0.1, -0.05) is 25.7 Å². The Labute approximate surface area is 123 Å². The monoisotopic (exact) mass is 296 g/mol. The summed E-state index contributed by atoms with van der Waals surface area (Å²) in [6.07, 6.45) is 7.04. The molecule has 0 bridgehead atoms. The van der Waals surface area contributed by atoms with Crippen LogP contribution in [0.25, 0.3) is 0 Å². The van der Waals surface area contributed by atoms with Gasteiger partial charge in [0.1, 0.15) is 5.82 Å². The third-order valence-corrected chi connectivity index (χ3v) is 4.63. The lowest BCUT2D eigenvalue weighted by atomic mass is 10.1. The van der Waals surface area contributed by atoms with Crippen molar-refractivity contribution < 1.29 is 9.18 Å². The molecule has 1 aromatic carbocycles. The molecule has 2 rings (SSSR count). The molecule has 3 N–H and O–H groups in total. The lowest BCUT2D eigenvalue weighted by Crippen LogP contribution is -2.35. The molecule has 1 saturated carbocycles. The van der Waals surface area contributed by atoms with Crippen LogP contribution in [0.5, 0.6) is 0 Å². The zero-order valence-corrected chi connectivity index (χ0v) is 12.3. The van der Waals surface area contributed by atoms with Gasteiger partial charge in [-0.05, 0) is 31.0 Å². The normalized spacial score (nSPS) is 16.6. The number of rotatable bonds is 4. The molecule has 1 aliphatic carbocycles. The number of anilines is 1. The predicted octanol–water partition coefficient (Wildman–Crippen LogP) is 3.34. The smallest absolute Gasteiger partial charge is 0.230 e. The van der Waals surface area contributed by atoms with Crippen LogP contribution in [0.3, 0.4) is 0 Å². The van der Waals surface area contributed by atoms with Gasteiger partial charge in [-0.15, -0.1) is 11.8 Å². The second-order valence-electron chi connectivity index (χ2n) is 5.23. The van der Waals surface area contributed by atoms with Gasteiger partial charge in [-0.25, -0.2) is 4.39 Å². The summed E-state index contributed by atoms with van der Waals surface area (Å²) in [5.41, 5.74) is 6.27. The van der Waals surface area contributed by atoms with E-state index in [4.69, 9.17) is 5.73 Å². The van der Waals surface area contributed by atoms with Crippen LogP contribution in [0.15, 0.2) is 23.1 Å². The fourth-order valence-corrected chi connectivity index (χ4v) is 3.27. The molecule has 110 valence electrons. The van der Waals surface area contributed by atoms with E-state index in [1.54, 1.807) is 0 Å². The van der Waals surface area contributed by atoms with Crippen molar-refractivity contribution >= 4 is 23.4 Å². The number of nitrogens with two attached hydrogens (primary N) is 1. The van der Waals surface area contributed by atoms with Crippen molar-refractivity contribution in [3.63, 3.8) is 0 Å². The molecule has 0 aliphatic heterocycles. The number of carbonyl (C=O) groups excluding carboxylic acids is 1. The summed E-state index contributed by atoms with van der Waals surface area (Å²) < 4.78 is 13.1. The van der Waals surface area contributed by atoms with Crippen LogP contribution in [-0.2, 0) is 4.79 Å². The van der Waals surface area contributed by atoms with E-state index in [1.165, 1.54) is 55.6 Å². The second kappa shape index (κ2) is 7.53. The Balaban J connectivity index is 1.81. The number of nitrogens with one attached hydrogen (secondary N) is 1. The standard InChI is InChI=1S/C15H21FN2OS/c16-11-7-8-13(17)14(9-11)20-10-15(19)18-12-5-3-1-2-4-6-12/h7-9,12H,1-6,10,17H2,(H,18,19). The van der Waals surface area contributed by atoms with Crippen molar-refractivity contribution in [2.45, 2.75) is 49.5 Å². The number of halogens is 1. The number of amides is 1. The van der Waals surface area contributed by atoms with Gasteiger partial charge in [-0.3, -0.25) is 4.79 Å². The highest BCUT2D eigenvalue weighted by Gasteiger charge is 2.15. The Bertz CT molecular complexity index is 459. The van der Waals surface area contributed by atoms with Crippen molar-refractivity contribution in [1.29, 1.82) is 0 Å². The van der Waals surface area contributed by atoms with Crippen molar-refractivity contribution in [2.24, 2.45) is 0 Å². The van der Waals surface area contributed by atoms with Crippen molar-refractivity contribution in [3.05, 3.63) is 24.0 Å². The van der Waals surface area contributed by atoms with Gasteiger partial charge < -0.3 is 11.1 Å². The minimum atomic E-state index is -0.328. The van der Waals surface area contributed by atoms with Gasteiger partial charge in [0.2, 0.25) is 5.91 Å². The summed E-state index contributed by atoms with van der Waals surface area (Å²) >= 11 is 1.29. The van der Waals surface area contributed by atoms with Crippen LogP contribution >= 0.6 is 11.8 Å². The highest BCUT2D eigenvalue weighted by molar-refractivity contribution is 8.00. The van der Waals surface area contributed by atoms with E-state index in [-0.39, 0.29) is 17.5 Å². The summed E-state index contributed by atoms with van der Waals surface area (Å²) in [7, 11) is 0. The van der Waals surface area contributed by atoms with Crippen LogP contribution in [0.4, 0.5) is 10.1 Å². The van der Waals surface area contributed by atoms with E-state index in [1.807, 2.05) is 0 Å². The number of benzene rings is 1. The van der Waals surface area contributed by atoms with Gasteiger partial charge in [-0.2, -0.15) is 0 Å². The van der Waals surface area contributed by atoms with E-state index in [0.29, 0.717) is 16.6 Å². The lowest BCUT2D eigenvalue weighted by Gasteiger charge is -2.16. The van der Waals surface area contributed by atoms with Crippen molar-refractivity contribution in [2.75, 3.05) is 11.5 Å². The molecular formula is C15H21FN2OS. The Kier molecular flexibility index (Phi) is 5.71. The predicted molar refractivity (Wildman–Crippen MR) is 81.2 cm³/mol. The minimum absolute atomic E-state index is 0.00515. The molecule has 1 aliphatic rings. The molecule has 20 heavy (non-hydrogen) atoms. The average molecular weight is 296 g/mol. The van der Waals surface area contributed by atoms with Crippen LogP contribution in [0.1, 0.15) is 38.5 Å². The first-order valence-corrected chi connectivity index (χ1v) is 8.11. The van der Waals surface area contributed by atoms with E-state index >= 15 is 0 Å². The molecule has 0 saturated heterocycles. The summed E-state index contributed by atoms with van der Waals surface area (Å²) in [4.78, 5) is 12.6. The molecule has 5 heteroatoms. The molecular weight excluding hydrogens is 275 g/mol. The molecule has 1 fully saturated rings. The quantitative estimate of drug-likeness (QED) is 0.509.